The summed E-state index contributed by atoms with van der Waals surface area (Å²) < 4.78 is 10.9. The number of piperazine rings is 1. The molecule has 0 saturated carbocycles. The second kappa shape index (κ2) is 6.65. The maximum absolute atomic E-state index is 5.58. The van der Waals surface area contributed by atoms with Crippen molar-refractivity contribution in [2.45, 2.75) is 32.9 Å². The number of likely N-dealkylation sites (N-methyl/N-ethyl adjacent to an activating group) is 1. The minimum absolute atomic E-state index is 0.176. The maximum atomic E-state index is 5.58. The van der Waals surface area contributed by atoms with E-state index >= 15 is 0 Å². The van der Waals surface area contributed by atoms with Crippen molar-refractivity contribution >= 4 is 0 Å². The van der Waals surface area contributed by atoms with Crippen molar-refractivity contribution in [3.8, 4) is 0 Å². The summed E-state index contributed by atoms with van der Waals surface area (Å²) in [5.74, 6) is 1.93. The zero-order chi connectivity index (χ0) is 14.7. The summed E-state index contributed by atoms with van der Waals surface area (Å²) in [6.45, 7) is 10.2. The number of nitrogens with zero attached hydrogens (tertiary/aromatic N) is 4. The molecule has 2 atom stereocenters. The number of ether oxygens (including phenoxy) is 1. The van der Waals surface area contributed by atoms with E-state index in [9.17, 15) is 0 Å². The second-order valence-electron chi connectivity index (χ2n) is 5.95. The quantitative estimate of drug-likeness (QED) is 0.812. The third-order valence-corrected chi connectivity index (χ3v) is 4.04. The molecule has 1 aromatic heterocycles. The Morgan fingerprint density at radius 3 is 2.70 bits per heavy atom. The van der Waals surface area contributed by atoms with E-state index in [4.69, 9.17) is 9.26 Å². The lowest BCUT2D eigenvalue weighted by Gasteiger charge is -2.39. The topological polar surface area (TPSA) is 54.6 Å². The van der Waals surface area contributed by atoms with Gasteiger partial charge in [0.15, 0.2) is 5.82 Å². The molecule has 0 amide bonds. The molecule has 0 N–H and O–H groups in total. The molecule has 114 valence electrons. The highest BCUT2D eigenvalue weighted by molar-refractivity contribution is 4.96. The largest absolute Gasteiger partial charge is 0.380 e. The van der Waals surface area contributed by atoms with Crippen molar-refractivity contribution in [1.29, 1.82) is 0 Å². The molecule has 6 nitrogen and oxygen atoms in total. The number of methoxy groups -OCH3 is 1. The van der Waals surface area contributed by atoms with Gasteiger partial charge in [-0.05, 0) is 19.9 Å². The van der Waals surface area contributed by atoms with Gasteiger partial charge in [0, 0.05) is 33.3 Å². The fraction of sp³-hybridized carbons (Fsp3) is 0.857. The standard InChI is InChI=1S/C14H26N4O2/c1-10(2)13(19-5)9-18-7-6-17(4)12(8-18)14-15-11(3)16-20-14/h10,12-13H,6-9H2,1-5H3. The fourth-order valence-corrected chi connectivity index (χ4v) is 2.62. The van der Waals surface area contributed by atoms with E-state index in [0.29, 0.717) is 17.6 Å². The van der Waals surface area contributed by atoms with Gasteiger partial charge in [-0.2, -0.15) is 4.98 Å². The summed E-state index contributed by atoms with van der Waals surface area (Å²) in [4.78, 5) is 9.08. The number of rotatable bonds is 5. The van der Waals surface area contributed by atoms with Crippen molar-refractivity contribution in [2.24, 2.45) is 5.92 Å². The van der Waals surface area contributed by atoms with Crippen molar-refractivity contribution in [2.75, 3.05) is 40.3 Å². The summed E-state index contributed by atoms with van der Waals surface area (Å²) in [6, 6.07) is 0.176. The van der Waals surface area contributed by atoms with Gasteiger partial charge in [-0.25, -0.2) is 0 Å². The van der Waals surface area contributed by atoms with E-state index in [-0.39, 0.29) is 12.1 Å². The summed E-state index contributed by atoms with van der Waals surface area (Å²) in [5.41, 5.74) is 0. The number of hydrogen-bond acceptors (Lipinski definition) is 6. The normalized spacial score (nSPS) is 23.4. The molecule has 0 bridgehead atoms. The molecule has 1 saturated heterocycles. The minimum Gasteiger partial charge on any atom is -0.380 e. The Hall–Kier alpha value is -0.980. The van der Waals surface area contributed by atoms with Crippen LogP contribution in [0.5, 0.6) is 0 Å². The molecule has 1 aromatic rings. The zero-order valence-corrected chi connectivity index (χ0v) is 13.2. The van der Waals surface area contributed by atoms with Crippen LogP contribution in [-0.2, 0) is 4.74 Å². The van der Waals surface area contributed by atoms with Crippen molar-refractivity contribution in [3.63, 3.8) is 0 Å². The molecule has 20 heavy (non-hydrogen) atoms. The van der Waals surface area contributed by atoms with Crippen molar-refractivity contribution < 1.29 is 9.26 Å². The molecular formula is C14H26N4O2. The van der Waals surface area contributed by atoms with Gasteiger partial charge in [-0.3, -0.25) is 9.80 Å². The van der Waals surface area contributed by atoms with Gasteiger partial charge >= 0.3 is 0 Å². The van der Waals surface area contributed by atoms with E-state index in [1.54, 1.807) is 7.11 Å². The predicted octanol–water partition coefficient (Wildman–Crippen LogP) is 1.34. The van der Waals surface area contributed by atoms with Crippen LogP contribution >= 0.6 is 0 Å². The SMILES string of the molecule is COC(CN1CCN(C)C(c2nc(C)no2)C1)C(C)C. The average Bonchev–Trinajstić information content (AvgIpc) is 2.83. The first-order valence-corrected chi connectivity index (χ1v) is 7.26. The Labute approximate surface area is 121 Å². The van der Waals surface area contributed by atoms with Gasteiger partial charge in [0.2, 0.25) is 5.89 Å². The van der Waals surface area contributed by atoms with Crippen LogP contribution < -0.4 is 0 Å². The third kappa shape index (κ3) is 3.56. The molecule has 1 fully saturated rings. The molecule has 0 radical (unpaired) electrons. The predicted molar refractivity (Wildman–Crippen MR) is 76.5 cm³/mol. The maximum Gasteiger partial charge on any atom is 0.245 e. The minimum atomic E-state index is 0.176. The van der Waals surface area contributed by atoms with Crippen LogP contribution in [0.1, 0.15) is 31.6 Å². The van der Waals surface area contributed by atoms with Gasteiger partial charge in [-0.1, -0.05) is 19.0 Å². The van der Waals surface area contributed by atoms with Crippen LogP contribution in [0, 0.1) is 12.8 Å². The highest BCUT2D eigenvalue weighted by Gasteiger charge is 2.31. The van der Waals surface area contributed by atoms with Gasteiger partial charge in [0.1, 0.15) is 6.04 Å². The first-order valence-electron chi connectivity index (χ1n) is 7.26. The highest BCUT2D eigenvalue weighted by atomic mass is 16.5. The van der Waals surface area contributed by atoms with Crippen LogP contribution in [-0.4, -0.2) is 66.4 Å². The van der Waals surface area contributed by atoms with E-state index in [2.05, 4.69) is 40.8 Å². The molecule has 2 rings (SSSR count). The van der Waals surface area contributed by atoms with Crippen LogP contribution in [0.3, 0.4) is 0 Å². The fourth-order valence-electron chi connectivity index (χ4n) is 2.62. The summed E-state index contributed by atoms with van der Waals surface area (Å²) >= 11 is 0. The van der Waals surface area contributed by atoms with E-state index < -0.39 is 0 Å². The molecular weight excluding hydrogens is 256 g/mol. The molecule has 0 aromatic carbocycles. The molecule has 0 spiro atoms. The lowest BCUT2D eigenvalue weighted by atomic mass is 10.1. The van der Waals surface area contributed by atoms with Crippen molar-refractivity contribution in [3.05, 3.63) is 11.7 Å². The first kappa shape index (κ1) is 15.4. The molecule has 6 heteroatoms. The van der Waals surface area contributed by atoms with Crippen molar-refractivity contribution in [1.82, 2.24) is 19.9 Å². The zero-order valence-electron chi connectivity index (χ0n) is 13.2. The molecule has 2 unspecified atom stereocenters. The second-order valence-corrected chi connectivity index (χ2v) is 5.95. The Bertz CT molecular complexity index is 421. The first-order chi connectivity index (χ1) is 9.51. The lowest BCUT2D eigenvalue weighted by Crippen LogP contribution is -2.49. The molecule has 0 aliphatic carbocycles. The van der Waals surface area contributed by atoms with Gasteiger partial charge in [0.25, 0.3) is 0 Å². The lowest BCUT2D eigenvalue weighted by molar-refractivity contribution is 0.00284. The Kier molecular flexibility index (Phi) is 5.12. The summed E-state index contributed by atoms with van der Waals surface area (Å²) in [5, 5.41) is 3.90. The van der Waals surface area contributed by atoms with Crippen LogP contribution in [0.25, 0.3) is 0 Å². The third-order valence-electron chi connectivity index (χ3n) is 4.04. The molecule has 1 aliphatic heterocycles. The summed E-state index contributed by atoms with van der Waals surface area (Å²) in [7, 11) is 3.90. The smallest absolute Gasteiger partial charge is 0.245 e. The van der Waals surface area contributed by atoms with Crippen LogP contribution in [0.2, 0.25) is 0 Å². The number of aryl methyl sites for hydroxylation is 1. The Balaban J connectivity index is 2.01. The number of aromatic nitrogens is 2. The summed E-state index contributed by atoms with van der Waals surface area (Å²) in [6.07, 6.45) is 0.267. The average molecular weight is 282 g/mol. The monoisotopic (exact) mass is 282 g/mol. The van der Waals surface area contributed by atoms with E-state index in [1.165, 1.54) is 0 Å². The highest BCUT2D eigenvalue weighted by Crippen LogP contribution is 2.23. The number of hydrogen-bond donors (Lipinski definition) is 0. The molecule has 2 heterocycles. The Morgan fingerprint density at radius 2 is 2.15 bits per heavy atom. The molecule has 1 aliphatic rings. The van der Waals surface area contributed by atoms with Crippen LogP contribution in [0.15, 0.2) is 4.52 Å². The van der Waals surface area contributed by atoms with Crippen LogP contribution in [0.4, 0.5) is 0 Å². The van der Waals surface area contributed by atoms with E-state index in [0.717, 1.165) is 26.2 Å². The van der Waals surface area contributed by atoms with Gasteiger partial charge in [0.05, 0.1) is 6.10 Å². The Morgan fingerprint density at radius 1 is 1.40 bits per heavy atom. The van der Waals surface area contributed by atoms with Gasteiger partial charge < -0.3 is 9.26 Å². The van der Waals surface area contributed by atoms with Gasteiger partial charge in [-0.15, -0.1) is 0 Å². The van der Waals surface area contributed by atoms with E-state index in [1.807, 2.05) is 6.92 Å².